The van der Waals surface area contributed by atoms with E-state index >= 15 is 0 Å². The van der Waals surface area contributed by atoms with Crippen molar-refractivity contribution in [2.24, 2.45) is 5.41 Å². The van der Waals surface area contributed by atoms with Gasteiger partial charge < -0.3 is 4.74 Å². The van der Waals surface area contributed by atoms with Crippen molar-refractivity contribution in [2.45, 2.75) is 52.2 Å². The van der Waals surface area contributed by atoms with Gasteiger partial charge in [0, 0.05) is 0 Å². The van der Waals surface area contributed by atoms with Crippen molar-refractivity contribution in [1.82, 2.24) is 0 Å². The number of rotatable bonds is 3. The first kappa shape index (κ1) is 13.6. The number of ether oxygens (including phenoxy) is 1. The largest absolute Gasteiger partial charge is 0.373 e. The van der Waals surface area contributed by atoms with Crippen molar-refractivity contribution in [3.8, 4) is 0 Å². The molecule has 0 aliphatic heterocycles. The summed E-state index contributed by atoms with van der Waals surface area (Å²) in [6.07, 6.45) is 5.56. The highest BCUT2D eigenvalue weighted by Crippen LogP contribution is 2.37. The molecule has 2 aromatic rings. The zero-order valence-electron chi connectivity index (χ0n) is 12.6. The summed E-state index contributed by atoms with van der Waals surface area (Å²) in [5.74, 6) is 0. The normalized spacial score (nSPS) is 22.0. The fourth-order valence-corrected chi connectivity index (χ4v) is 3.30. The van der Waals surface area contributed by atoms with Crippen LogP contribution in [0.15, 0.2) is 42.5 Å². The number of hydrogen-bond donors (Lipinski definition) is 0. The van der Waals surface area contributed by atoms with Crippen molar-refractivity contribution in [3.63, 3.8) is 0 Å². The summed E-state index contributed by atoms with van der Waals surface area (Å²) in [7, 11) is 0. The summed E-state index contributed by atoms with van der Waals surface area (Å²) in [6, 6.07) is 15.2. The van der Waals surface area contributed by atoms with Crippen molar-refractivity contribution in [2.75, 3.05) is 0 Å². The Labute approximate surface area is 122 Å². The molecule has 0 bridgehead atoms. The van der Waals surface area contributed by atoms with E-state index in [0.717, 1.165) is 6.61 Å². The zero-order valence-corrected chi connectivity index (χ0v) is 12.6. The standard InChI is InChI=1S/C19H24O/c1-19(2)12-6-5-9-18(19)20-14-15-10-11-16-7-3-4-8-17(16)13-15/h3-4,7-8,10-11,13,18H,5-6,9,12,14H2,1-2H3/t18-/m1/s1. The van der Waals surface area contributed by atoms with Crippen LogP contribution in [-0.4, -0.2) is 6.10 Å². The van der Waals surface area contributed by atoms with Crippen LogP contribution < -0.4 is 0 Å². The molecular formula is C19H24O. The van der Waals surface area contributed by atoms with Gasteiger partial charge in [0.25, 0.3) is 0 Å². The summed E-state index contributed by atoms with van der Waals surface area (Å²) < 4.78 is 6.23. The summed E-state index contributed by atoms with van der Waals surface area (Å²) in [4.78, 5) is 0. The molecule has 1 heteroatoms. The summed E-state index contributed by atoms with van der Waals surface area (Å²) in [5, 5.41) is 2.60. The van der Waals surface area contributed by atoms with Gasteiger partial charge in [0.2, 0.25) is 0 Å². The molecular weight excluding hydrogens is 244 g/mol. The van der Waals surface area contributed by atoms with Gasteiger partial charge in [-0.05, 0) is 40.7 Å². The Morgan fingerprint density at radius 2 is 1.85 bits per heavy atom. The Kier molecular flexibility index (Phi) is 3.80. The molecule has 0 amide bonds. The molecule has 0 N–H and O–H groups in total. The predicted molar refractivity (Wildman–Crippen MR) is 84.8 cm³/mol. The van der Waals surface area contributed by atoms with Gasteiger partial charge in [-0.1, -0.05) is 63.1 Å². The first-order valence-corrected chi connectivity index (χ1v) is 7.74. The molecule has 1 saturated carbocycles. The Morgan fingerprint density at radius 3 is 2.65 bits per heavy atom. The lowest BCUT2D eigenvalue weighted by Gasteiger charge is -2.38. The zero-order chi connectivity index (χ0) is 14.0. The van der Waals surface area contributed by atoms with E-state index in [0.29, 0.717) is 11.5 Å². The fourth-order valence-electron chi connectivity index (χ4n) is 3.30. The molecule has 3 rings (SSSR count). The average molecular weight is 268 g/mol. The van der Waals surface area contributed by atoms with Gasteiger partial charge in [-0.3, -0.25) is 0 Å². The van der Waals surface area contributed by atoms with Crippen molar-refractivity contribution in [1.29, 1.82) is 0 Å². The minimum Gasteiger partial charge on any atom is -0.373 e. The molecule has 0 spiro atoms. The smallest absolute Gasteiger partial charge is 0.0721 e. The summed E-state index contributed by atoms with van der Waals surface area (Å²) in [6.45, 7) is 5.42. The molecule has 2 aromatic carbocycles. The Balaban J connectivity index is 1.70. The minimum atomic E-state index is 0.328. The van der Waals surface area contributed by atoms with Crippen LogP contribution in [0.25, 0.3) is 10.8 Å². The molecule has 0 aromatic heterocycles. The lowest BCUT2D eigenvalue weighted by atomic mass is 9.75. The molecule has 0 saturated heterocycles. The van der Waals surface area contributed by atoms with Crippen LogP contribution in [-0.2, 0) is 11.3 Å². The van der Waals surface area contributed by atoms with E-state index in [1.807, 2.05) is 0 Å². The maximum atomic E-state index is 6.23. The highest BCUT2D eigenvalue weighted by Gasteiger charge is 2.32. The van der Waals surface area contributed by atoms with Crippen LogP contribution in [0.3, 0.4) is 0 Å². The van der Waals surface area contributed by atoms with Crippen LogP contribution >= 0.6 is 0 Å². The molecule has 1 atom stereocenters. The van der Waals surface area contributed by atoms with Crippen molar-refractivity contribution in [3.05, 3.63) is 48.0 Å². The molecule has 106 valence electrons. The number of benzene rings is 2. The second-order valence-electron chi connectivity index (χ2n) is 6.72. The second-order valence-corrected chi connectivity index (χ2v) is 6.72. The maximum absolute atomic E-state index is 6.23. The van der Waals surface area contributed by atoms with Gasteiger partial charge in [0.15, 0.2) is 0 Å². The van der Waals surface area contributed by atoms with Gasteiger partial charge in [-0.25, -0.2) is 0 Å². The van der Waals surface area contributed by atoms with E-state index in [1.54, 1.807) is 0 Å². The lowest BCUT2D eigenvalue weighted by Crippen LogP contribution is -2.34. The Morgan fingerprint density at radius 1 is 1.05 bits per heavy atom. The van der Waals surface area contributed by atoms with Crippen molar-refractivity contribution >= 4 is 10.8 Å². The van der Waals surface area contributed by atoms with Gasteiger partial charge in [-0.15, -0.1) is 0 Å². The topological polar surface area (TPSA) is 9.23 Å². The molecule has 1 fully saturated rings. The first-order chi connectivity index (χ1) is 9.65. The molecule has 20 heavy (non-hydrogen) atoms. The highest BCUT2D eigenvalue weighted by atomic mass is 16.5. The van der Waals surface area contributed by atoms with Crippen LogP contribution in [0.2, 0.25) is 0 Å². The maximum Gasteiger partial charge on any atom is 0.0721 e. The molecule has 0 unspecified atom stereocenters. The van der Waals surface area contributed by atoms with E-state index in [2.05, 4.69) is 56.3 Å². The molecule has 0 radical (unpaired) electrons. The van der Waals surface area contributed by atoms with Crippen LogP contribution in [0.4, 0.5) is 0 Å². The average Bonchev–Trinajstić information content (AvgIpc) is 2.45. The number of hydrogen-bond acceptors (Lipinski definition) is 1. The third-order valence-corrected chi connectivity index (χ3v) is 4.67. The van der Waals surface area contributed by atoms with Crippen LogP contribution in [0.5, 0.6) is 0 Å². The van der Waals surface area contributed by atoms with E-state index in [1.165, 1.54) is 42.0 Å². The third-order valence-electron chi connectivity index (χ3n) is 4.67. The second kappa shape index (κ2) is 5.57. The first-order valence-electron chi connectivity index (χ1n) is 7.74. The van der Waals surface area contributed by atoms with Gasteiger partial charge in [-0.2, -0.15) is 0 Å². The van der Waals surface area contributed by atoms with E-state index in [9.17, 15) is 0 Å². The lowest BCUT2D eigenvalue weighted by molar-refractivity contribution is -0.0593. The van der Waals surface area contributed by atoms with Gasteiger partial charge in [0.05, 0.1) is 12.7 Å². The van der Waals surface area contributed by atoms with Crippen molar-refractivity contribution < 1.29 is 4.74 Å². The Hall–Kier alpha value is -1.34. The quantitative estimate of drug-likeness (QED) is 0.731. The monoisotopic (exact) mass is 268 g/mol. The molecule has 1 aliphatic carbocycles. The van der Waals surface area contributed by atoms with E-state index in [-0.39, 0.29) is 0 Å². The predicted octanol–water partition coefficient (Wildman–Crippen LogP) is 5.33. The summed E-state index contributed by atoms with van der Waals surface area (Å²) in [5.41, 5.74) is 1.61. The molecule has 1 aliphatic rings. The highest BCUT2D eigenvalue weighted by molar-refractivity contribution is 5.82. The van der Waals surface area contributed by atoms with Crippen LogP contribution in [0, 0.1) is 5.41 Å². The SMILES string of the molecule is CC1(C)CCCC[C@H]1OCc1ccc2ccccc2c1. The molecule has 0 heterocycles. The fraction of sp³-hybridized carbons (Fsp3) is 0.474. The van der Waals surface area contributed by atoms with Crippen LogP contribution in [0.1, 0.15) is 45.1 Å². The minimum absolute atomic E-state index is 0.328. The van der Waals surface area contributed by atoms with E-state index < -0.39 is 0 Å². The van der Waals surface area contributed by atoms with Gasteiger partial charge in [0.1, 0.15) is 0 Å². The van der Waals surface area contributed by atoms with E-state index in [4.69, 9.17) is 4.74 Å². The Bertz CT molecular complexity index is 585. The van der Waals surface area contributed by atoms with Gasteiger partial charge >= 0.3 is 0 Å². The molecule has 1 nitrogen and oxygen atoms in total. The third kappa shape index (κ3) is 2.88. The summed E-state index contributed by atoms with van der Waals surface area (Å²) >= 11 is 0. The number of fused-ring (bicyclic) bond motifs is 1.